The second kappa shape index (κ2) is 7.68. The van der Waals surface area contributed by atoms with Crippen molar-refractivity contribution in [3.63, 3.8) is 0 Å². The molecule has 6 heteroatoms. The minimum atomic E-state index is -0.472. The Hall–Kier alpha value is -3.41. The van der Waals surface area contributed by atoms with Gasteiger partial charge in [-0.3, -0.25) is 9.59 Å². The van der Waals surface area contributed by atoms with E-state index < -0.39 is 11.7 Å². The van der Waals surface area contributed by atoms with Crippen molar-refractivity contribution in [1.29, 1.82) is 0 Å². The lowest BCUT2D eigenvalue weighted by Gasteiger charge is -2.24. The Balaban J connectivity index is 1.46. The first-order valence-electron chi connectivity index (χ1n) is 9.28. The molecular formula is C22H20N2O4. The van der Waals surface area contributed by atoms with Gasteiger partial charge in [0.15, 0.2) is 0 Å². The molecule has 1 unspecified atom stereocenters. The zero-order valence-electron chi connectivity index (χ0n) is 15.3. The molecule has 1 aliphatic heterocycles. The summed E-state index contributed by atoms with van der Waals surface area (Å²) in [6.45, 7) is 0.590. The number of amides is 2. The number of nitrogens with zero attached hydrogens (tertiary/aromatic N) is 1. The molecule has 2 amide bonds. The van der Waals surface area contributed by atoms with Crippen LogP contribution >= 0.6 is 0 Å². The summed E-state index contributed by atoms with van der Waals surface area (Å²) in [7, 11) is 0. The molecule has 28 heavy (non-hydrogen) atoms. The van der Waals surface area contributed by atoms with Crippen LogP contribution in [-0.2, 0) is 16.0 Å². The maximum atomic E-state index is 12.8. The van der Waals surface area contributed by atoms with Gasteiger partial charge in [0.1, 0.15) is 11.6 Å². The normalized spacial score (nSPS) is 16.3. The molecule has 2 aromatic carbocycles. The Morgan fingerprint density at radius 1 is 1.07 bits per heavy atom. The predicted molar refractivity (Wildman–Crippen MR) is 106 cm³/mol. The minimum Gasteiger partial charge on any atom is -0.423 e. The zero-order chi connectivity index (χ0) is 19.5. The molecule has 1 atom stereocenters. The lowest BCUT2D eigenvalue weighted by atomic mass is 10.1. The van der Waals surface area contributed by atoms with Crippen molar-refractivity contribution in [3.8, 4) is 0 Å². The van der Waals surface area contributed by atoms with E-state index in [1.54, 1.807) is 29.2 Å². The summed E-state index contributed by atoms with van der Waals surface area (Å²) in [6.07, 6.45) is 1.75. The summed E-state index contributed by atoms with van der Waals surface area (Å²) in [5.74, 6) is -0.236. The van der Waals surface area contributed by atoms with Crippen LogP contribution in [0.2, 0.25) is 0 Å². The highest BCUT2D eigenvalue weighted by Crippen LogP contribution is 2.22. The number of carbonyl (C=O) groups excluding carboxylic acids is 2. The van der Waals surface area contributed by atoms with Gasteiger partial charge in [-0.15, -0.1) is 0 Å². The van der Waals surface area contributed by atoms with E-state index in [1.807, 2.05) is 30.3 Å². The number of likely N-dealkylation sites (tertiary alicyclic amines) is 1. The van der Waals surface area contributed by atoms with E-state index in [2.05, 4.69) is 5.32 Å². The van der Waals surface area contributed by atoms with Crippen molar-refractivity contribution in [3.05, 3.63) is 76.6 Å². The van der Waals surface area contributed by atoms with Crippen molar-refractivity contribution in [1.82, 2.24) is 4.90 Å². The highest BCUT2D eigenvalue weighted by atomic mass is 16.4. The number of hydrogen-bond acceptors (Lipinski definition) is 4. The van der Waals surface area contributed by atoms with E-state index >= 15 is 0 Å². The molecule has 3 aromatic rings. The summed E-state index contributed by atoms with van der Waals surface area (Å²) >= 11 is 0. The average molecular weight is 376 g/mol. The monoisotopic (exact) mass is 376 g/mol. The molecule has 2 heterocycles. The van der Waals surface area contributed by atoms with Crippen LogP contribution < -0.4 is 10.9 Å². The largest absolute Gasteiger partial charge is 0.423 e. The molecule has 0 saturated carbocycles. The quantitative estimate of drug-likeness (QED) is 0.710. The Bertz CT molecular complexity index is 1070. The topological polar surface area (TPSA) is 79.6 Å². The molecule has 1 aliphatic rings. The van der Waals surface area contributed by atoms with Gasteiger partial charge in [0, 0.05) is 23.7 Å². The van der Waals surface area contributed by atoms with Crippen molar-refractivity contribution in [2.24, 2.45) is 0 Å². The SMILES string of the molecule is O=C(Nc1ccc2oc(=O)ccc2c1)C1CCCN1C(=O)Cc1ccccc1. The van der Waals surface area contributed by atoms with Gasteiger partial charge in [-0.25, -0.2) is 4.79 Å². The third-order valence-corrected chi connectivity index (χ3v) is 4.96. The van der Waals surface area contributed by atoms with Gasteiger partial charge in [-0.2, -0.15) is 0 Å². The van der Waals surface area contributed by atoms with Crippen LogP contribution in [0.4, 0.5) is 5.69 Å². The van der Waals surface area contributed by atoms with E-state index in [9.17, 15) is 14.4 Å². The summed E-state index contributed by atoms with van der Waals surface area (Å²) in [5, 5.41) is 3.61. The van der Waals surface area contributed by atoms with Crippen molar-refractivity contribution in [2.45, 2.75) is 25.3 Å². The number of rotatable bonds is 4. The molecular weight excluding hydrogens is 356 g/mol. The Labute approximate surface area is 161 Å². The molecule has 142 valence electrons. The highest BCUT2D eigenvalue weighted by molar-refractivity contribution is 5.99. The summed E-state index contributed by atoms with van der Waals surface area (Å²) in [6, 6.07) is 17.2. The van der Waals surface area contributed by atoms with Crippen LogP contribution in [0, 0.1) is 0 Å². The number of fused-ring (bicyclic) bond motifs is 1. The maximum absolute atomic E-state index is 12.8. The molecule has 6 nitrogen and oxygen atoms in total. The molecule has 0 aliphatic carbocycles. The molecule has 1 aromatic heterocycles. The van der Waals surface area contributed by atoms with Crippen LogP contribution in [0.5, 0.6) is 0 Å². The number of carbonyl (C=O) groups is 2. The molecule has 0 spiro atoms. The average Bonchev–Trinajstić information content (AvgIpc) is 3.19. The minimum absolute atomic E-state index is 0.0378. The molecule has 0 bridgehead atoms. The van der Waals surface area contributed by atoms with Gasteiger partial charge in [0.2, 0.25) is 11.8 Å². The fourth-order valence-corrected chi connectivity index (χ4v) is 3.59. The van der Waals surface area contributed by atoms with Crippen LogP contribution in [0.25, 0.3) is 11.0 Å². The number of anilines is 1. The van der Waals surface area contributed by atoms with E-state index in [0.29, 0.717) is 30.7 Å². The maximum Gasteiger partial charge on any atom is 0.336 e. The molecule has 1 saturated heterocycles. The van der Waals surface area contributed by atoms with Crippen LogP contribution in [0.15, 0.2) is 69.9 Å². The van der Waals surface area contributed by atoms with Crippen LogP contribution in [-0.4, -0.2) is 29.3 Å². The fourth-order valence-electron chi connectivity index (χ4n) is 3.59. The Morgan fingerprint density at radius 2 is 1.89 bits per heavy atom. The van der Waals surface area contributed by atoms with Crippen molar-refractivity contribution in [2.75, 3.05) is 11.9 Å². The van der Waals surface area contributed by atoms with Crippen LogP contribution in [0.1, 0.15) is 18.4 Å². The van der Waals surface area contributed by atoms with E-state index in [1.165, 1.54) is 6.07 Å². The van der Waals surface area contributed by atoms with E-state index in [-0.39, 0.29) is 11.8 Å². The highest BCUT2D eigenvalue weighted by Gasteiger charge is 2.33. The van der Waals surface area contributed by atoms with E-state index in [0.717, 1.165) is 17.4 Å². The van der Waals surface area contributed by atoms with Crippen molar-refractivity contribution < 1.29 is 14.0 Å². The van der Waals surface area contributed by atoms with Gasteiger partial charge < -0.3 is 14.6 Å². The molecule has 1 fully saturated rings. The fraction of sp³-hybridized carbons (Fsp3) is 0.227. The first-order valence-corrected chi connectivity index (χ1v) is 9.28. The van der Waals surface area contributed by atoms with Gasteiger partial charge in [-0.05, 0) is 42.7 Å². The number of hydrogen-bond donors (Lipinski definition) is 1. The first kappa shape index (κ1) is 18.0. The standard InChI is InChI=1S/C22H20N2O4/c25-20(13-15-5-2-1-3-6-15)24-12-4-7-18(24)22(27)23-17-9-10-19-16(14-17)8-11-21(26)28-19/h1-3,5-6,8-11,14,18H,4,7,12-13H2,(H,23,27). The van der Waals surface area contributed by atoms with Gasteiger partial charge in [0.05, 0.1) is 6.42 Å². The zero-order valence-corrected chi connectivity index (χ0v) is 15.3. The number of benzene rings is 2. The lowest BCUT2D eigenvalue weighted by Crippen LogP contribution is -2.43. The van der Waals surface area contributed by atoms with Gasteiger partial charge in [-0.1, -0.05) is 30.3 Å². The predicted octanol–water partition coefficient (Wildman–Crippen LogP) is 2.97. The first-order chi connectivity index (χ1) is 13.6. The number of nitrogens with one attached hydrogen (secondary N) is 1. The molecule has 4 rings (SSSR count). The van der Waals surface area contributed by atoms with Crippen molar-refractivity contribution >= 4 is 28.5 Å². The second-order valence-electron chi connectivity index (χ2n) is 6.90. The Kier molecular flexibility index (Phi) is 4.93. The van der Waals surface area contributed by atoms with Gasteiger partial charge >= 0.3 is 5.63 Å². The lowest BCUT2D eigenvalue weighted by molar-refractivity contribution is -0.136. The third kappa shape index (κ3) is 3.81. The van der Waals surface area contributed by atoms with E-state index in [4.69, 9.17) is 4.42 Å². The summed E-state index contributed by atoms with van der Waals surface area (Å²) in [5.41, 5.74) is 1.59. The summed E-state index contributed by atoms with van der Waals surface area (Å²) in [4.78, 5) is 38.4. The molecule has 0 radical (unpaired) electrons. The van der Waals surface area contributed by atoms with Crippen LogP contribution in [0.3, 0.4) is 0 Å². The second-order valence-corrected chi connectivity index (χ2v) is 6.90. The summed E-state index contributed by atoms with van der Waals surface area (Å²) < 4.78 is 5.11. The molecule has 1 N–H and O–H groups in total. The Morgan fingerprint density at radius 3 is 2.71 bits per heavy atom. The third-order valence-electron chi connectivity index (χ3n) is 4.96. The smallest absolute Gasteiger partial charge is 0.336 e. The van der Waals surface area contributed by atoms with Gasteiger partial charge in [0.25, 0.3) is 0 Å².